The topological polar surface area (TPSA) is 98.5 Å². The van der Waals surface area contributed by atoms with Crippen LogP contribution in [0.3, 0.4) is 0 Å². The van der Waals surface area contributed by atoms with Crippen molar-refractivity contribution in [2.75, 3.05) is 20.2 Å². The smallest absolute Gasteiger partial charge is 0.337 e. The number of hydrogen-bond donors (Lipinski definition) is 2. The number of carbonyl (C=O) groups is 1. The molecule has 0 aliphatic heterocycles. The summed E-state index contributed by atoms with van der Waals surface area (Å²) < 4.78 is 31.2. The third-order valence-electron chi connectivity index (χ3n) is 2.57. The van der Waals surface area contributed by atoms with Crippen LogP contribution in [-0.2, 0) is 14.8 Å². The molecule has 6 nitrogen and oxygen atoms in total. The molecule has 1 aromatic rings. The van der Waals surface area contributed by atoms with E-state index in [1.54, 1.807) is 13.0 Å². The number of esters is 1. The number of rotatable bonds is 6. The van der Waals surface area contributed by atoms with Crippen LogP contribution in [0.5, 0.6) is 0 Å². The Morgan fingerprint density at radius 2 is 2.11 bits per heavy atom. The minimum Gasteiger partial charge on any atom is -0.465 e. The first-order valence-corrected chi connectivity index (χ1v) is 7.29. The zero-order valence-electron chi connectivity index (χ0n) is 11.0. The Labute approximate surface area is 113 Å². The lowest BCUT2D eigenvalue weighted by Gasteiger charge is -2.10. The monoisotopic (exact) mass is 286 g/mol. The molecule has 0 atom stereocenters. The maximum absolute atomic E-state index is 12.1. The van der Waals surface area contributed by atoms with Gasteiger partial charge in [-0.05, 0) is 37.6 Å². The Morgan fingerprint density at radius 1 is 1.42 bits per heavy atom. The fourth-order valence-corrected chi connectivity index (χ4v) is 2.86. The highest BCUT2D eigenvalue weighted by molar-refractivity contribution is 7.89. The van der Waals surface area contributed by atoms with Gasteiger partial charge in [-0.2, -0.15) is 0 Å². The van der Waals surface area contributed by atoms with Crippen molar-refractivity contribution in [3.63, 3.8) is 0 Å². The van der Waals surface area contributed by atoms with E-state index in [-0.39, 0.29) is 17.0 Å². The van der Waals surface area contributed by atoms with Gasteiger partial charge in [-0.3, -0.25) is 0 Å². The number of nitrogens with one attached hydrogen (secondary N) is 1. The molecule has 7 heteroatoms. The minimum absolute atomic E-state index is 0.0763. The van der Waals surface area contributed by atoms with E-state index in [0.717, 1.165) is 0 Å². The molecule has 1 rings (SSSR count). The number of sulfonamides is 1. The van der Waals surface area contributed by atoms with Crippen molar-refractivity contribution in [2.24, 2.45) is 5.73 Å². The Morgan fingerprint density at radius 3 is 2.68 bits per heavy atom. The normalized spacial score (nSPS) is 11.3. The van der Waals surface area contributed by atoms with Gasteiger partial charge in [0, 0.05) is 6.54 Å². The standard InChI is InChI=1S/C12H18N2O4S/c1-9-4-5-10(12(15)18-2)8-11(9)19(16,17)14-7-3-6-13/h4-5,8,14H,3,6-7,13H2,1-2H3. The highest BCUT2D eigenvalue weighted by Crippen LogP contribution is 2.17. The summed E-state index contributed by atoms with van der Waals surface area (Å²) >= 11 is 0. The van der Waals surface area contributed by atoms with E-state index in [4.69, 9.17) is 5.73 Å². The van der Waals surface area contributed by atoms with Gasteiger partial charge >= 0.3 is 5.97 Å². The van der Waals surface area contributed by atoms with Gasteiger partial charge in [0.15, 0.2) is 0 Å². The number of methoxy groups -OCH3 is 1. The quantitative estimate of drug-likeness (QED) is 0.583. The third kappa shape index (κ3) is 4.02. The Hall–Kier alpha value is -1.44. The zero-order chi connectivity index (χ0) is 14.5. The van der Waals surface area contributed by atoms with Gasteiger partial charge in [0.1, 0.15) is 0 Å². The fraction of sp³-hybridized carbons (Fsp3) is 0.417. The van der Waals surface area contributed by atoms with Crippen LogP contribution in [0.15, 0.2) is 23.1 Å². The van der Waals surface area contributed by atoms with E-state index < -0.39 is 16.0 Å². The fourth-order valence-electron chi connectivity index (χ4n) is 1.52. The molecule has 0 spiro atoms. The molecule has 0 heterocycles. The van der Waals surface area contributed by atoms with E-state index in [1.807, 2.05) is 0 Å². The number of carbonyl (C=O) groups excluding carboxylic acids is 1. The Bertz CT molecular complexity index is 555. The van der Waals surface area contributed by atoms with Gasteiger partial charge in [0.05, 0.1) is 17.6 Å². The summed E-state index contributed by atoms with van der Waals surface area (Å²) in [5.41, 5.74) is 6.08. The predicted molar refractivity (Wildman–Crippen MR) is 71.4 cm³/mol. The number of benzene rings is 1. The van der Waals surface area contributed by atoms with Crippen LogP contribution in [0.25, 0.3) is 0 Å². The molecule has 0 amide bonds. The van der Waals surface area contributed by atoms with Gasteiger partial charge in [-0.25, -0.2) is 17.9 Å². The molecule has 0 aromatic heterocycles. The van der Waals surface area contributed by atoms with Crippen molar-refractivity contribution in [1.82, 2.24) is 4.72 Å². The SMILES string of the molecule is COC(=O)c1ccc(C)c(S(=O)(=O)NCCCN)c1. The molecule has 0 unspecified atom stereocenters. The maximum atomic E-state index is 12.1. The molecule has 19 heavy (non-hydrogen) atoms. The highest BCUT2D eigenvalue weighted by atomic mass is 32.2. The molecule has 0 fully saturated rings. The van der Waals surface area contributed by atoms with Crippen molar-refractivity contribution < 1.29 is 17.9 Å². The summed E-state index contributed by atoms with van der Waals surface area (Å²) in [5.74, 6) is -0.571. The van der Waals surface area contributed by atoms with Crippen LogP contribution < -0.4 is 10.5 Å². The second kappa shape index (κ2) is 6.65. The highest BCUT2D eigenvalue weighted by Gasteiger charge is 2.18. The summed E-state index contributed by atoms with van der Waals surface area (Å²) in [6.07, 6.45) is 0.551. The molecule has 0 aliphatic carbocycles. The average molecular weight is 286 g/mol. The van der Waals surface area contributed by atoms with E-state index in [0.29, 0.717) is 18.5 Å². The molecular weight excluding hydrogens is 268 g/mol. The molecule has 3 N–H and O–H groups in total. The van der Waals surface area contributed by atoms with Gasteiger partial charge < -0.3 is 10.5 Å². The van der Waals surface area contributed by atoms with E-state index in [1.165, 1.54) is 19.2 Å². The van der Waals surface area contributed by atoms with Crippen molar-refractivity contribution in [3.8, 4) is 0 Å². The van der Waals surface area contributed by atoms with Gasteiger partial charge in [-0.15, -0.1) is 0 Å². The Balaban J connectivity index is 3.07. The molecule has 0 bridgehead atoms. The molecule has 106 valence electrons. The molecule has 1 aromatic carbocycles. The van der Waals surface area contributed by atoms with E-state index >= 15 is 0 Å². The van der Waals surface area contributed by atoms with Gasteiger partial charge in [0.2, 0.25) is 10.0 Å². The van der Waals surface area contributed by atoms with Crippen molar-refractivity contribution in [3.05, 3.63) is 29.3 Å². The second-order valence-corrected chi connectivity index (χ2v) is 5.75. The summed E-state index contributed by atoms with van der Waals surface area (Å²) in [4.78, 5) is 11.5. The number of hydrogen-bond acceptors (Lipinski definition) is 5. The molecule has 0 saturated heterocycles. The van der Waals surface area contributed by atoms with E-state index in [2.05, 4.69) is 9.46 Å². The lowest BCUT2D eigenvalue weighted by Crippen LogP contribution is -2.27. The summed E-state index contributed by atoms with van der Waals surface area (Å²) in [6.45, 7) is 2.34. The van der Waals surface area contributed by atoms with Gasteiger partial charge in [0.25, 0.3) is 0 Å². The van der Waals surface area contributed by atoms with Crippen LogP contribution in [0.4, 0.5) is 0 Å². The van der Waals surface area contributed by atoms with Crippen LogP contribution >= 0.6 is 0 Å². The lowest BCUT2D eigenvalue weighted by molar-refractivity contribution is 0.0600. The zero-order valence-corrected chi connectivity index (χ0v) is 11.8. The largest absolute Gasteiger partial charge is 0.465 e. The minimum atomic E-state index is -3.64. The van der Waals surface area contributed by atoms with Crippen LogP contribution in [0, 0.1) is 6.92 Å². The molecular formula is C12H18N2O4S. The first kappa shape index (κ1) is 15.6. The third-order valence-corrected chi connectivity index (χ3v) is 4.17. The summed E-state index contributed by atoms with van der Waals surface area (Å²) in [7, 11) is -2.39. The first-order chi connectivity index (χ1) is 8.92. The Kier molecular flexibility index (Phi) is 5.46. The lowest BCUT2D eigenvalue weighted by atomic mass is 10.1. The number of nitrogens with two attached hydrogens (primary N) is 1. The molecule has 0 saturated carbocycles. The number of ether oxygens (including phenoxy) is 1. The molecule has 0 aliphatic rings. The maximum Gasteiger partial charge on any atom is 0.337 e. The van der Waals surface area contributed by atoms with Crippen molar-refractivity contribution in [1.29, 1.82) is 0 Å². The summed E-state index contributed by atoms with van der Waals surface area (Å²) in [6, 6.07) is 4.41. The first-order valence-electron chi connectivity index (χ1n) is 5.81. The van der Waals surface area contributed by atoms with Crippen LogP contribution in [0.1, 0.15) is 22.3 Å². The second-order valence-electron chi connectivity index (χ2n) is 4.01. The van der Waals surface area contributed by atoms with Crippen LogP contribution in [-0.4, -0.2) is 34.6 Å². The van der Waals surface area contributed by atoms with Crippen molar-refractivity contribution >= 4 is 16.0 Å². The number of aryl methyl sites for hydroxylation is 1. The summed E-state index contributed by atoms with van der Waals surface area (Å²) in [5, 5.41) is 0. The van der Waals surface area contributed by atoms with Gasteiger partial charge in [-0.1, -0.05) is 6.07 Å². The molecule has 0 radical (unpaired) electrons. The predicted octanol–water partition coefficient (Wildman–Crippen LogP) is 0.409. The van der Waals surface area contributed by atoms with Crippen LogP contribution in [0.2, 0.25) is 0 Å². The van der Waals surface area contributed by atoms with E-state index in [9.17, 15) is 13.2 Å². The average Bonchev–Trinajstić information content (AvgIpc) is 2.38. The van der Waals surface area contributed by atoms with Crippen molar-refractivity contribution in [2.45, 2.75) is 18.2 Å².